The lowest BCUT2D eigenvalue weighted by atomic mass is 9.95. The number of halogens is 1. The van der Waals surface area contributed by atoms with Gasteiger partial charge in [-0.25, -0.2) is 4.39 Å². The molecule has 2 atom stereocenters. The number of ether oxygens (including phenoxy) is 1. The predicted octanol–water partition coefficient (Wildman–Crippen LogP) is 2.87. The first-order valence-corrected chi connectivity index (χ1v) is 7.20. The zero-order valence-electron chi connectivity index (χ0n) is 12.4. The fourth-order valence-electron chi connectivity index (χ4n) is 3.00. The third-order valence-electron chi connectivity index (χ3n) is 4.00. The molecule has 112 valence electrons. The maximum Gasteiger partial charge on any atom is 0.216 e. The van der Waals surface area contributed by atoms with Gasteiger partial charge in [0, 0.05) is 54.5 Å². The lowest BCUT2D eigenvalue weighted by molar-refractivity contribution is -0.119. The third kappa shape index (κ3) is 2.37. The summed E-state index contributed by atoms with van der Waals surface area (Å²) in [6.45, 7) is 6.06. The Morgan fingerprint density at radius 2 is 2.38 bits per heavy atom. The molecule has 4 nitrogen and oxygen atoms in total. The van der Waals surface area contributed by atoms with Crippen molar-refractivity contribution in [2.45, 2.75) is 39.2 Å². The fraction of sp³-hybridized carbons (Fsp3) is 0.438. The summed E-state index contributed by atoms with van der Waals surface area (Å²) in [5.74, 6) is 0.162. The van der Waals surface area contributed by atoms with Crippen molar-refractivity contribution in [3.05, 3.63) is 29.2 Å². The number of nitrogens with one attached hydrogen (secondary N) is 2. The minimum absolute atomic E-state index is 0.00602. The maximum absolute atomic E-state index is 14.1. The van der Waals surface area contributed by atoms with E-state index in [0.717, 1.165) is 22.0 Å². The molecule has 0 saturated heterocycles. The fourth-order valence-corrected chi connectivity index (χ4v) is 3.00. The van der Waals surface area contributed by atoms with Gasteiger partial charge in [0.25, 0.3) is 0 Å². The van der Waals surface area contributed by atoms with Crippen LogP contribution >= 0.6 is 0 Å². The quantitative estimate of drug-likeness (QED) is 0.913. The van der Waals surface area contributed by atoms with Crippen LogP contribution < -0.4 is 10.1 Å². The molecule has 0 spiro atoms. The van der Waals surface area contributed by atoms with Gasteiger partial charge in [-0.05, 0) is 12.5 Å². The second-order valence-electron chi connectivity index (χ2n) is 5.80. The molecule has 1 aromatic heterocycles. The number of aromatic amines is 1. The zero-order valence-corrected chi connectivity index (χ0v) is 12.4. The summed E-state index contributed by atoms with van der Waals surface area (Å²) in [6, 6.07) is 1.49. The van der Waals surface area contributed by atoms with Crippen LogP contribution in [0.1, 0.15) is 37.8 Å². The highest BCUT2D eigenvalue weighted by Crippen LogP contribution is 2.40. The molecule has 1 aliphatic heterocycles. The Bertz CT molecular complexity index is 708. The van der Waals surface area contributed by atoms with Gasteiger partial charge in [0.15, 0.2) is 11.6 Å². The van der Waals surface area contributed by atoms with Gasteiger partial charge in [-0.1, -0.05) is 6.92 Å². The number of amides is 1. The number of benzene rings is 1. The van der Waals surface area contributed by atoms with Crippen LogP contribution in [0, 0.1) is 5.82 Å². The number of hydrogen-bond acceptors (Lipinski definition) is 2. The Morgan fingerprint density at radius 3 is 3.10 bits per heavy atom. The van der Waals surface area contributed by atoms with Crippen LogP contribution in [0.25, 0.3) is 10.9 Å². The maximum atomic E-state index is 14.1. The van der Waals surface area contributed by atoms with Gasteiger partial charge in [-0.3, -0.25) is 4.79 Å². The Morgan fingerprint density at radius 1 is 1.62 bits per heavy atom. The van der Waals surface area contributed by atoms with E-state index in [0.29, 0.717) is 18.7 Å². The zero-order chi connectivity index (χ0) is 15.1. The standard InChI is InChI=1S/C16H19FN2O2/c1-8(6-18-10(3)20)12-7-19-14-5-13(17)16-11(15(12)14)4-9(2)21-16/h5,7-9,19H,4,6H2,1-3H3,(H,18,20). The molecule has 3 rings (SSSR count). The molecule has 0 radical (unpaired) electrons. The number of hydrogen-bond donors (Lipinski definition) is 2. The first kappa shape index (κ1) is 13.9. The molecule has 2 N–H and O–H groups in total. The number of carbonyl (C=O) groups excluding carboxylic acids is 1. The van der Waals surface area contributed by atoms with Crippen molar-refractivity contribution in [3.8, 4) is 5.75 Å². The molecule has 1 amide bonds. The summed E-state index contributed by atoms with van der Waals surface area (Å²) in [5.41, 5.74) is 2.81. The summed E-state index contributed by atoms with van der Waals surface area (Å²) in [5, 5.41) is 3.86. The van der Waals surface area contributed by atoms with E-state index in [4.69, 9.17) is 4.74 Å². The number of aromatic nitrogens is 1. The Labute approximate surface area is 122 Å². The van der Waals surface area contributed by atoms with Crippen LogP contribution in [0.4, 0.5) is 4.39 Å². The average Bonchev–Trinajstić information content (AvgIpc) is 2.99. The third-order valence-corrected chi connectivity index (χ3v) is 4.00. The van der Waals surface area contributed by atoms with Crippen molar-refractivity contribution in [1.82, 2.24) is 10.3 Å². The highest BCUT2D eigenvalue weighted by atomic mass is 19.1. The Balaban J connectivity index is 2.05. The van der Waals surface area contributed by atoms with Crippen LogP contribution in [0.2, 0.25) is 0 Å². The summed E-state index contributed by atoms with van der Waals surface area (Å²) in [6.07, 6.45) is 2.61. The van der Waals surface area contributed by atoms with E-state index in [1.54, 1.807) is 0 Å². The lowest BCUT2D eigenvalue weighted by Crippen LogP contribution is -2.24. The minimum atomic E-state index is -0.315. The first-order chi connectivity index (χ1) is 9.97. The average molecular weight is 290 g/mol. The molecular weight excluding hydrogens is 271 g/mol. The molecular formula is C16H19FN2O2. The molecule has 0 bridgehead atoms. The van der Waals surface area contributed by atoms with E-state index in [9.17, 15) is 9.18 Å². The van der Waals surface area contributed by atoms with E-state index in [1.807, 2.05) is 20.0 Å². The van der Waals surface area contributed by atoms with Crippen LogP contribution in [0.3, 0.4) is 0 Å². The minimum Gasteiger partial charge on any atom is -0.487 e. The lowest BCUT2D eigenvalue weighted by Gasteiger charge is -2.12. The molecule has 0 fully saturated rings. The van der Waals surface area contributed by atoms with Gasteiger partial charge in [0.2, 0.25) is 5.91 Å². The molecule has 1 aromatic carbocycles. The molecule has 2 unspecified atom stereocenters. The van der Waals surface area contributed by atoms with E-state index in [-0.39, 0.29) is 23.7 Å². The van der Waals surface area contributed by atoms with E-state index >= 15 is 0 Å². The SMILES string of the molecule is CC(=O)NCC(C)c1c[nH]c2cc(F)c3c(c12)CC(C)O3. The van der Waals surface area contributed by atoms with Gasteiger partial charge in [-0.2, -0.15) is 0 Å². The van der Waals surface area contributed by atoms with Crippen molar-refractivity contribution in [3.63, 3.8) is 0 Å². The predicted molar refractivity (Wildman–Crippen MR) is 79.1 cm³/mol. The largest absolute Gasteiger partial charge is 0.487 e. The van der Waals surface area contributed by atoms with Crippen LogP contribution in [-0.4, -0.2) is 23.5 Å². The second kappa shape index (κ2) is 5.06. The normalized spacial score (nSPS) is 18.4. The second-order valence-corrected chi connectivity index (χ2v) is 5.80. The molecule has 0 aliphatic carbocycles. The summed E-state index contributed by atoms with van der Waals surface area (Å²) >= 11 is 0. The Kier molecular flexibility index (Phi) is 3.35. The first-order valence-electron chi connectivity index (χ1n) is 7.20. The summed E-state index contributed by atoms with van der Waals surface area (Å²) in [7, 11) is 0. The molecule has 2 aromatic rings. The number of H-pyrrole nitrogens is 1. The highest BCUT2D eigenvalue weighted by Gasteiger charge is 2.28. The van der Waals surface area contributed by atoms with E-state index in [1.165, 1.54) is 13.0 Å². The van der Waals surface area contributed by atoms with Crippen molar-refractivity contribution < 1.29 is 13.9 Å². The number of rotatable bonds is 3. The van der Waals surface area contributed by atoms with E-state index < -0.39 is 0 Å². The van der Waals surface area contributed by atoms with Crippen LogP contribution in [-0.2, 0) is 11.2 Å². The van der Waals surface area contributed by atoms with Crippen molar-refractivity contribution >= 4 is 16.8 Å². The van der Waals surface area contributed by atoms with Gasteiger partial charge < -0.3 is 15.0 Å². The molecule has 1 aliphatic rings. The monoisotopic (exact) mass is 290 g/mol. The van der Waals surface area contributed by atoms with Gasteiger partial charge in [0.05, 0.1) is 0 Å². The number of carbonyl (C=O) groups is 1. The van der Waals surface area contributed by atoms with Gasteiger partial charge in [-0.15, -0.1) is 0 Å². The smallest absolute Gasteiger partial charge is 0.216 e. The van der Waals surface area contributed by atoms with Crippen molar-refractivity contribution in [2.24, 2.45) is 0 Å². The van der Waals surface area contributed by atoms with Crippen LogP contribution in [0.5, 0.6) is 5.75 Å². The summed E-state index contributed by atoms with van der Waals surface area (Å²) in [4.78, 5) is 14.2. The van der Waals surface area contributed by atoms with Crippen LogP contribution in [0.15, 0.2) is 12.3 Å². The highest BCUT2D eigenvalue weighted by molar-refractivity contribution is 5.90. The van der Waals surface area contributed by atoms with E-state index in [2.05, 4.69) is 10.3 Å². The summed E-state index contributed by atoms with van der Waals surface area (Å²) < 4.78 is 19.6. The van der Waals surface area contributed by atoms with Crippen molar-refractivity contribution in [2.75, 3.05) is 6.54 Å². The Hall–Kier alpha value is -2.04. The van der Waals surface area contributed by atoms with Gasteiger partial charge in [0.1, 0.15) is 6.10 Å². The topological polar surface area (TPSA) is 54.1 Å². The number of fused-ring (bicyclic) bond motifs is 3. The molecule has 0 saturated carbocycles. The molecule has 2 heterocycles. The molecule has 5 heteroatoms. The van der Waals surface area contributed by atoms with Gasteiger partial charge >= 0.3 is 0 Å². The van der Waals surface area contributed by atoms with Crippen molar-refractivity contribution in [1.29, 1.82) is 0 Å². The molecule has 21 heavy (non-hydrogen) atoms.